The highest BCUT2D eigenvalue weighted by molar-refractivity contribution is 7.81. The maximum atomic E-state index is 11.3. The number of hydrogen-bond acceptors (Lipinski definition) is 5. The summed E-state index contributed by atoms with van der Waals surface area (Å²) in [4.78, 5) is 11.3. The van der Waals surface area contributed by atoms with Crippen LogP contribution in [-0.2, 0) is 15.1 Å². The van der Waals surface area contributed by atoms with Crippen LogP contribution in [0.3, 0.4) is 0 Å². The fraction of sp³-hybridized carbons (Fsp3) is 0.300. The van der Waals surface area contributed by atoms with Crippen molar-refractivity contribution >= 4 is 33.8 Å². The molecule has 1 amide bonds. The molecule has 0 spiro atoms. The van der Waals surface area contributed by atoms with Crippen LogP contribution in [0.4, 0.5) is 10.5 Å². The predicted octanol–water partition coefficient (Wildman–Crippen LogP) is 2.48. The molecule has 0 aliphatic heterocycles. The summed E-state index contributed by atoms with van der Waals surface area (Å²) in [6.45, 7) is 3.38. The van der Waals surface area contributed by atoms with Crippen LogP contribution in [-0.4, -0.2) is 25.2 Å². The van der Waals surface area contributed by atoms with Crippen molar-refractivity contribution < 1.29 is 26.7 Å². The van der Waals surface area contributed by atoms with E-state index in [1.807, 2.05) is 0 Å². The lowest BCUT2D eigenvalue weighted by Crippen LogP contribution is -2.18. The van der Waals surface area contributed by atoms with E-state index < -0.39 is 16.5 Å². The molecule has 106 valence electrons. The van der Waals surface area contributed by atoms with Gasteiger partial charge in [0.1, 0.15) is 0 Å². The number of benzene rings is 1. The van der Waals surface area contributed by atoms with Crippen molar-refractivity contribution in [3.8, 4) is 5.75 Å². The molecule has 1 rings (SSSR count). The minimum Gasteiger partial charge on any atom is -0.447 e. The minimum atomic E-state index is -4.65. The van der Waals surface area contributed by atoms with Crippen molar-refractivity contribution in [2.45, 2.75) is 20.0 Å². The summed E-state index contributed by atoms with van der Waals surface area (Å²) in [6.07, 6.45) is -0.952. The average Bonchev–Trinajstić information content (AvgIpc) is 2.19. The van der Waals surface area contributed by atoms with E-state index in [9.17, 15) is 13.2 Å². The SMILES string of the molecule is CC(C)OC(=O)Nc1ccc(OS(=O)(=O)O)c(Cl)c1. The van der Waals surface area contributed by atoms with Gasteiger partial charge in [0.2, 0.25) is 0 Å². The molecule has 0 bridgehead atoms. The van der Waals surface area contributed by atoms with Crippen LogP contribution in [0.25, 0.3) is 0 Å². The first-order chi connectivity index (χ1) is 8.67. The van der Waals surface area contributed by atoms with E-state index in [-0.39, 0.29) is 16.9 Å². The number of anilines is 1. The first-order valence-electron chi connectivity index (χ1n) is 5.11. The normalized spacial score (nSPS) is 11.2. The quantitative estimate of drug-likeness (QED) is 0.828. The number of amides is 1. The summed E-state index contributed by atoms with van der Waals surface area (Å²) >= 11 is 5.73. The first kappa shape index (κ1) is 15.5. The highest BCUT2D eigenvalue weighted by Crippen LogP contribution is 2.28. The lowest BCUT2D eigenvalue weighted by atomic mass is 10.3. The van der Waals surface area contributed by atoms with Gasteiger partial charge in [-0.1, -0.05) is 11.6 Å². The fourth-order valence-corrected chi connectivity index (χ4v) is 1.76. The molecular weight excluding hydrogens is 298 g/mol. The highest BCUT2D eigenvalue weighted by Gasteiger charge is 2.12. The lowest BCUT2D eigenvalue weighted by Gasteiger charge is -2.10. The summed E-state index contributed by atoms with van der Waals surface area (Å²) in [5.41, 5.74) is 0.290. The molecule has 0 aliphatic rings. The molecule has 0 unspecified atom stereocenters. The molecule has 0 fully saturated rings. The molecule has 0 aliphatic carbocycles. The molecule has 0 radical (unpaired) electrons. The van der Waals surface area contributed by atoms with Crippen LogP contribution in [0.15, 0.2) is 18.2 Å². The number of carbonyl (C=O) groups is 1. The Morgan fingerprint density at radius 1 is 1.42 bits per heavy atom. The second-order valence-corrected chi connectivity index (χ2v) is 5.16. The second-order valence-electron chi connectivity index (χ2n) is 3.74. The number of halogens is 1. The maximum absolute atomic E-state index is 11.3. The van der Waals surface area contributed by atoms with Crippen molar-refractivity contribution in [3.63, 3.8) is 0 Å². The Morgan fingerprint density at radius 2 is 2.05 bits per heavy atom. The molecule has 0 atom stereocenters. The number of rotatable bonds is 4. The van der Waals surface area contributed by atoms with E-state index in [0.717, 1.165) is 0 Å². The van der Waals surface area contributed by atoms with E-state index in [1.54, 1.807) is 13.8 Å². The standard InChI is InChI=1S/C10H12ClNO6S/c1-6(2)17-10(13)12-7-3-4-9(8(11)5-7)18-19(14,15)16/h3-6H,1-2H3,(H,12,13)(H,14,15,16). The molecule has 0 heterocycles. The van der Waals surface area contributed by atoms with E-state index in [1.165, 1.54) is 18.2 Å². The Bertz CT molecular complexity index is 571. The van der Waals surface area contributed by atoms with Crippen molar-refractivity contribution in [1.82, 2.24) is 0 Å². The monoisotopic (exact) mass is 309 g/mol. The van der Waals surface area contributed by atoms with Crippen LogP contribution in [0.2, 0.25) is 5.02 Å². The number of ether oxygens (including phenoxy) is 1. The van der Waals surface area contributed by atoms with E-state index in [2.05, 4.69) is 9.50 Å². The van der Waals surface area contributed by atoms with Crippen molar-refractivity contribution in [2.75, 3.05) is 5.32 Å². The van der Waals surface area contributed by atoms with Gasteiger partial charge < -0.3 is 8.92 Å². The fourth-order valence-electron chi connectivity index (χ4n) is 1.12. The summed E-state index contributed by atoms with van der Waals surface area (Å²) in [5.74, 6) is -0.257. The molecule has 0 saturated heterocycles. The first-order valence-corrected chi connectivity index (χ1v) is 6.86. The van der Waals surface area contributed by atoms with E-state index >= 15 is 0 Å². The third-order valence-electron chi connectivity index (χ3n) is 1.72. The Morgan fingerprint density at radius 3 is 2.53 bits per heavy atom. The summed E-state index contributed by atoms with van der Waals surface area (Å²) in [6, 6.07) is 3.78. The Labute approximate surface area is 115 Å². The van der Waals surface area contributed by atoms with E-state index in [4.69, 9.17) is 20.9 Å². The number of nitrogens with one attached hydrogen (secondary N) is 1. The summed E-state index contributed by atoms with van der Waals surface area (Å²) < 4.78 is 38.6. The molecular formula is C10H12ClNO6S. The van der Waals surface area contributed by atoms with Gasteiger partial charge in [-0.25, -0.2) is 4.79 Å². The van der Waals surface area contributed by atoms with Crippen LogP contribution in [0.1, 0.15) is 13.8 Å². The number of hydrogen-bond donors (Lipinski definition) is 2. The predicted molar refractivity (Wildman–Crippen MR) is 68.9 cm³/mol. The van der Waals surface area contributed by atoms with Gasteiger partial charge in [-0.3, -0.25) is 9.87 Å². The molecule has 1 aromatic carbocycles. The summed E-state index contributed by atoms with van der Waals surface area (Å²) in [7, 11) is -4.65. The Balaban J connectivity index is 2.80. The second kappa shape index (κ2) is 6.09. The molecule has 1 aromatic rings. The minimum absolute atomic E-state index is 0.0972. The molecule has 7 nitrogen and oxygen atoms in total. The van der Waals surface area contributed by atoms with Crippen molar-refractivity contribution in [1.29, 1.82) is 0 Å². The lowest BCUT2D eigenvalue weighted by molar-refractivity contribution is 0.130. The van der Waals surface area contributed by atoms with Gasteiger partial charge in [-0.15, -0.1) is 0 Å². The zero-order chi connectivity index (χ0) is 14.6. The third kappa shape index (κ3) is 5.77. The van der Waals surface area contributed by atoms with Gasteiger partial charge >= 0.3 is 16.5 Å². The van der Waals surface area contributed by atoms with Gasteiger partial charge in [-0.2, -0.15) is 8.42 Å². The highest BCUT2D eigenvalue weighted by atomic mass is 35.5. The van der Waals surface area contributed by atoms with Gasteiger partial charge in [0.05, 0.1) is 11.1 Å². The molecule has 9 heteroatoms. The maximum Gasteiger partial charge on any atom is 0.446 e. The van der Waals surface area contributed by atoms with Crippen molar-refractivity contribution in [2.24, 2.45) is 0 Å². The average molecular weight is 310 g/mol. The van der Waals surface area contributed by atoms with Crippen LogP contribution >= 0.6 is 11.6 Å². The topological polar surface area (TPSA) is 102 Å². The van der Waals surface area contributed by atoms with Crippen molar-refractivity contribution in [3.05, 3.63) is 23.2 Å². The van der Waals surface area contributed by atoms with Gasteiger partial charge in [0, 0.05) is 5.69 Å². The number of carbonyl (C=O) groups excluding carboxylic acids is 1. The van der Waals surface area contributed by atoms with Gasteiger partial charge in [-0.05, 0) is 32.0 Å². The van der Waals surface area contributed by atoms with Gasteiger partial charge in [0.25, 0.3) is 0 Å². The van der Waals surface area contributed by atoms with Gasteiger partial charge in [0.15, 0.2) is 5.75 Å². The molecule has 0 aromatic heterocycles. The summed E-state index contributed by atoms with van der Waals surface area (Å²) in [5, 5.41) is 2.29. The Hall–Kier alpha value is -1.51. The Kier molecular flexibility index (Phi) is 4.98. The molecule has 2 N–H and O–H groups in total. The zero-order valence-electron chi connectivity index (χ0n) is 10.1. The van der Waals surface area contributed by atoms with Crippen LogP contribution in [0, 0.1) is 0 Å². The zero-order valence-corrected chi connectivity index (χ0v) is 11.7. The third-order valence-corrected chi connectivity index (χ3v) is 2.40. The smallest absolute Gasteiger partial charge is 0.446 e. The van der Waals surface area contributed by atoms with Crippen LogP contribution in [0.5, 0.6) is 5.75 Å². The molecule has 19 heavy (non-hydrogen) atoms. The van der Waals surface area contributed by atoms with E-state index in [0.29, 0.717) is 5.69 Å². The molecule has 0 saturated carbocycles. The largest absolute Gasteiger partial charge is 0.447 e. The van der Waals surface area contributed by atoms with Crippen LogP contribution < -0.4 is 9.50 Å².